The first-order valence-corrected chi connectivity index (χ1v) is 5.03. The van der Waals surface area contributed by atoms with Crippen LogP contribution in [0.3, 0.4) is 0 Å². The molecule has 2 radical (unpaired) electrons. The van der Waals surface area contributed by atoms with Gasteiger partial charge in [0, 0.05) is 0 Å². The Kier molecular flexibility index (Phi) is 5.78. The van der Waals surface area contributed by atoms with Gasteiger partial charge in [0.25, 0.3) is 0 Å². The summed E-state index contributed by atoms with van der Waals surface area (Å²) in [5, 5.41) is 0.310. The van der Waals surface area contributed by atoms with Gasteiger partial charge in [0.05, 0.1) is 6.61 Å². The van der Waals surface area contributed by atoms with Gasteiger partial charge in [-0.25, -0.2) is 0 Å². The van der Waals surface area contributed by atoms with E-state index in [0.29, 0.717) is 21.4 Å². The molecule has 0 aliphatic rings. The topological polar surface area (TPSA) is 9.23 Å². The SMILES string of the molecule is C#C/C=C/CO[Si]C(C)(C)CC. The molecule has 2 heteroatoms. The summed E-state index contributed by atoms with van der Waals surface area (Å²) in [6.07, 6.45) is 9.71. The van der Waals surface area contributed by atoms with E-state index in [1.807, 2.05) is 6.08 Å². The van der Waals surface area contributed by atoms with E-state index >= 15 is 0 Å². The van der Waals surface area contributed by atoms with Gasteiger partial charge in [-0.15, -0.1) is 6.42 Å². The molecular formula is C10H16OSi. The molecule has 0 heterocycles. The van der Waals surface area contributed by atoms with Crippen LogP contribution in [-0.4, -0.2) is 16.4 Å². The highest BCUT2D eigenvalue weighted by atomic mass is 28.2. The van der Waals surface area contributed by atoms with Gasteiger partial charge in [0.15, 0.2) is 0 Å². The van der Waals surface area contributed by atoms with Gasteiger partial charge in [-0.3, -0.25) is 0 Å². The van der Waals surface area contributed by atoms with E-state index in [-0.39, 0.29) is 0 Å². The molecule has 0 saturated heterocycles. The lowest BCUT2D eigenvalue weighted by Gasteiger charge is -2.19. The van der Waals surface area contributed by atoms with Crippen molar-refractivity contribution in [2.45, 2.75) is 32.2 Å². The maximum Gasteiger partial charge on any atom is 0.236 e. The summed E-state index contributed by atoms with van der Waals surface area (Å²) in [6, 6.07) is 0. The van der Waals surface area contributed by atoms with Crippen molar-refractivity contribution in [3.8, 4) is 12.3 Å². The van der Waals surface area contributed by atoms with Crippen LogP contribution in [-0.2, 0) is 4.43 Å². The zero-order chi connectivity index (χ0) is 9.45. The van der Waals surface area contributed by atoms with Crippen LogP contribution >= 0.6 is 0 Å². The number of terminal acetylenes is 1. The van der Waals surface area contributed by atoms with Crippen molar-refractivity contribution in [3.05, 3.63) is 12.2 Å². The predicted octanol–water partition coefficient (Wildman–Crippen LogP) is 2.42. The molecule has 0 amide bonds. The maximum atomic E-state index is 5.44. The molecule has 1 nitrogen and oxygen atoms in total. The Bertz CT molecular complexity index is 177. The minimum atomic E-state index is 0.310. The lowest BCUT2D eigenvalue weighted by atomic mass is 10.1. The second kappa shape index (κ2) is 6.04. The summed E-state index contributed by atoms with van der Waals surface area (Å²) < 4.78 is 5.44. The third-order valence-corrected chi connectivity index (χ3v) is 2.84. The molecule has 0 fully saturated rings. The monoisotopic (exact) mass is 180 g/mol. The number of hydrogen-bond donors (Lipinski definition) is 0. The van der Waals surface area contributed by atoms with Crippen molar-refractivity contribution < 1.29 is 4.43 Å². The largest absolute Gasteiger partial charge is 0.413 e. The highest BCUT2D eigenvalue weighted by molar-refractivity contribution is 6.31. The first-order chi connectivity index (χ1) is 5.62. The van der Waals surface area contributed by atoms with Gasteiger partial charge in [0.1, 0.15) is 0 Å². The zero-order valence-electron chi connectivity index (χ0n) is 8.05. The van der Waals surface area contributed by atoms with Crippen molar-refractivity contribution >= 4 is 9.76 Å². The van der Waals surface area contributed by atoms with Crippen molar-refractivity contribution in [3.63, 3.8) is 0 Å². The van der Waals surface area contributed by atoms with E-state index in [4.69, 9.17) is 10.8 Å². The molecule has 0 unspecified atom stereocenters. The van der Waals surface area contributed by atoms with Crippen molar-refractivity contribution in [2.75, 3.05) is 6.61 Å². The summed E-state index contributed by atoms with van der Waals surface area (Å²) in [7, 11) is 0.550. The summed E-state index contributed by atoms with van der Waals surface area (Å²) in [5.74, 6) is 2.42. The molecule has 0 rings (SSSR count). The van der Waals surface area contributed by atoms with Crippen molar-refractivity contribution in [1.82, 2.24) is 0 Å². The van der Waals surface area contributed by atoms with Gasteiger partial charge in [-0.2, -0.15) is 0 Å². The number of rotatable bonds is 5. The molecule has 12 heavy (non-hydrogen) atoms. The quantitative estimate of drug-likeness (QED) is 0.359. The number of allylic oxidation sites excluding steroid dienone is 1. The Hall–Kier alpha value is -0.523. The second-order valence-electron chi connectivity index (χ2n) is 3.22. The predicted molar refractivity (Wildman–Crippen MR) is 54.0 cm³/mol. The van der Waals surface area contributed by atoms with Gasteiger partial charge in [-0.05, 0) is 11.1 Å². The molecule has 66 valence electrons. The molecule has 0 spiro atoms. The Balaban J connectivity index is 3.44. The lowest BCUT2D eigenvalue weighted by Crippen LogP contribution is -2.15. The minimum absolute atomic E-state index is 0.310. The van der Waals surface area contributed by atoms with Gasteiger partial charge in [0.2, 0.25) is 9.76 Å². The molecular weight excluding hydrogens is 164 g/mol. The average molecular weight is 180 g/mol. The summed E-state index contributed by atoms with van der Waals surface area (Å²) >= 11 is 0. The van der Waals surface area contributed by atoms with Crippen LogP contribution in [0.1, 0.15) is 27.2 Å². The molecule has 0 atom stereocenters. The Morgan fingerprint density at radius 3 is 2.75 bits per heavy atom. The minimum Gasteiger partial charge on any atom is -0.413 e. The number of hydrogen-bond acceptors (Lipinski definition) is 1. The third kappa shape index (κ3) is 6.20. The van der Waals surface area contributed by atoms with E-state index in [0.717, 1.165) is 6.42 Å². The van der Waals surface area contributed by atoms with Crippen LogP contribution in [0.4, 0.5) is 0 Å². The molecule has 0 aromatic rings. The van der Waals surface area contributed by atoms with Gasteiger partial charge in [-0.1, -0.05) is 39.2 Å². The van der Waals surface area contributed by atoms with E-state index in [1.165, 1.54) is 0 Å². The maximum absolute atomic E-state index is 5.44. The third-order valence-electron chi connectivity index (χ3n) is 1.63. The first kappa shape index (κ1) is 11.5. The van der Waals surface area contributed by atoms with Crippen molar-refractivity contribution in [1.29, 1.82) is 0 Å². The first-order valence-electron chi connectivity index (χ1n) is 4.12. The van der Waals surface area contributed by atoms with Crippen LogP contribution in [0, 0.1) is 12.3 Å². The second-order valence-corrected chi connectivity index (χ2v) is 5.07. The smallest absolute Gasteiger partial charge is 0.236 e. The molecule has 0 aromatic carbocycles. The fourth-order valence-electron chi connectivity index (χ4n) is 0.473. The fraction of sp³-hybridized carbons (Fsp3) is 0.600. The van der Waals surface area contributed by atoms with Crippen LogP contribution in [0.5, 0.6) is 0 Å². The van der Waals surface area contributed by atoms with Crippen molar-refractivity contribution in [2.24, 2.45) is 0 Å². The van der Waals surface area contributed by atoms with Crippen LogP contribution in [0.15, 0.2) is 12.2 Å². The fourth-order valence-corrected chi connectivity index (χ4v) is 1.19. The molecule has 0 aliphatic heterocycles. The Morgan fingerprint density at radius 2 is 2.25 bits per heavy atom. The Morgan fingerprint density at radius 1 is 1.58 bits per heavy atom. The lowest BCUT2D eigenvalue weighted by molar-refractivity contribution is 0.359. The summed E-state index contributed by atoms with van der Waals surface area (Å²) in [6.45, 7) is 7.21. The Labute approximate surface area is 78.1 Å². The van der Waals surface area contributed by atoms with Crippen LogP contribution in [0.2, 0.25) is 5.04 Å². The molecule has 0 saturated carbocycles. The molecule has 0 N–H and O–H groups in total. The molecule has 0 aromatic heterocycles. The van der Waals surface area contributed by atoms with Crippen LogP contribution < -0.4 is 0 Å². The summed E-state index contributed by atoms with van der Waals surface area (Å²) in [4.78, 5) is 0. The van der Waals surface area contributed by atoms with E-state index < -0.39 is 0 Å². The van der Waals surface area contributed by atoms with E-state index in [1.54, 1.807) is 6.08 Å². The standard InChI is InChI=1S/C10H16OSi/c1-5-7-8-9-11-12-10(3,4)6-2/h1,7-8H,6,9H2,2-4H3/b8-7+. The average Bonchev–Trinajstić information content (AvgIpc) is 2.04. The molecule has 0 aliphatic carbocycles. The van der Waals surface area contributed by atoms with Gasteiger partial charge >= 0.3 is 0 Å². The van der Waals surface area contributed by atoms with Crippen LogP contribution in [0.25, 0.3) is 0 Å². The van der Waals surface area contributed by atoms with E-state index in [2.05, 4.69) is 26.7 Å². The normalized spacial score (nSPS) is 11.8. The highest BCUT2D eigenvalue weighted by Gasteiger charge is 2.16. The van der Waals surface area contributed by atoms with Gasteiger partial charge < -0.3 is 4.43 Å². The van der Waals surface area contributed by atoms with E-state index in [9.17, 15) is 0 Å². The summed E-state index contributed by atoms with van der Waals surface area (Å²) in [5.41, 5.74) is 0. The molecule has 0 bridgehead atoms. The highest BCUT2D eigenvalue weighted by Crippen LogP contribution is 2.26. The zero-order valence-corrected chi connectivity index (χ0v) is 9.05.